The van der Waals surface area contributed by atoms with Crippen molar-refractivity contribution in [2.75, 3.05) is 0 Å². The molecule has 0 aromatic carbocycles. The van der Waals surface area contributed by atoms with Gasteiger partial charge in [-0.3, -0.25) is 9.67 Å². The van der Waals surface area contributed by atoms with E-state index in [-0.39, 0.29) is 0 Å². The van der Waals surface area contributed by atoms with Crippen molar-refractivity contribution in [3.63, 3.8) is 0 Å². The smallest absolute Gasteiger partial charge is 0.307 e. The lowest BCUT2D eigenvalue weighted by Crippen LogP contribution is -2.29. The summed E-state index contributed by atoms with van der Waals surface area (Å²) in [5, 5.41) is 3.87. The van der Waals surface area contributed by atoms with Crippen LogP contribution in [0.2, 0.25) is 0 Å². The number of aromatic nitrogens is 5. The zero-order valence-electron chi connectivity index (χ0n) is 14.7. The third kappa shape index (κ3) is 3.47. The Morgan fingerprint density at radius 3 is 2.75 bits per heavy atom. The first-order valence-corrected chi connectivity index (χ1v) is 8.45. The molecule has 0 aliphatic carbocycles. The first kappa shape index (κ1) is 18.1. The van der Waals surface area contributed by atoms with Crippen LogP contribution in [0.25, 0.3) is 28.0 Å². The fraction of sp³-hybridized carbons (Fsp3) is 0.211. The van der Waals surface area contributed by atoms with E-state index in [0.717, 1.165) is 21.6 Å². The molecule has 0 spiro atoms. The normalized spacial score (nSPS) is 13.2. The minimum atomic E-state index is -4.91. The van der Waals surface area contributed by atoms with Crippen LogP contribution in [0.3, 0.4) is 0 Å². The predicted molar refractivity (Wildman–Crippen MR) is 95.3 cm³/mol. The summed E-state index contributed by atoms with van der Waals surface area (Å²) in [6, 6.07) is 7.28. The number of rotatable bonds is 4. The summed E-state index contributed by atoms with van der Waals surface area (Å²) in [6.45, 7) is 1.00. The fourth-order valence-corrected chi connectivity index (χ4v) is 2.99. The number of halogens is 4. The monoisotopic (exact) mass is 389 g/mol. The summed E-state index contributed by atoms with van der Waals surface area (Å²) in [5.41, 5.74) is 4.32. The Labute approximate surface area is 157 Å². The number of nitrogens with zero attached hydrogens (tertiary/aromatic N) is 5. The number of fused-ring (bicyclic) bond motifs is 1. The van der Waals surface area contributed by atoms with Crippen LogP contribution < -0.4 is 0 Å². The van der Waals surface area contributed by atoms with Gasteiger partial charge < -0.3 is 4.40 Å². The lowest BCUT2D eigenvalue weighted by atomic mass is 10.0. The Morgan fingerprint density at radius 1 is 1.14 bits per heavy atom. The van der Waals surface area contributed by atoms with Crippen LogP contribution in [0.4, 0.5) is 17.6 Å². The molecule has 1 atom stereocenters. The van der Waals surface area contributed by atoms with Gasteiger partial charge in [-0.25, -0.2) is 9.37 Å². The molecule has 0 amide bonds. The molecule has 0 bridgehead atoms. The second-order valence-corrected chi connectivity index (χ2v) is 6.42. The molecule has 0 saturated heterocycles. The van der Waals surface area contributed by atoms with Crippen molar-refractivity contribution in [3.8, 4) is 22.4 Å². The molecule has 1 unspecified atom stereocenters. The van der Waals surface area contributed by atoms with Crippen LogP contribution in [0.15, 0.2) is 55.2 Å². The molecule has 28 heavy (non-hydrogen) atoms. The quantitative estimate of drug-likeness (QED) is 0.484. The highest BCUT2D eigenvalue weighted by atomic mass is 19.4. The van der Waals surface area contributed by atoms with Crippen molar-refractivity contribution in [2.45, 2.75) is 25.8 Å². The minimum Gasteiger partial charge on any atom is -0.307 e. The molecular weight excluding hydrogens is 374 g/mol. The largest absolute Gasteiger partial charge is 0.421 e. The van der Waals surface area contributed by atoms with Crippen molar-refractivity contribution in [3.05, 3.63) is 60.9 Å². The molecule has 144 valence electrons. The van der Waals surface area contributed by atoms with Crippen LogP contribution in [-0.2, 0) is 6.54 Å². The van der Waals surface area contributed by atoms with Crippen molar-refractivity contribution in [2.24, 2.45) is 0 Å². The lowest BCUT2D eigenvalue weighted by molar-refractivity contribution is -0.184. The van der Waals surface area contributed by atoms with Gasteiger partial charge in [-0.1, -0.05) is 6.07 Å². The van der Waals surface area contributed by atoms with E-state index in [1.54, 1.807) is 18.3 Å². The molecule has 0 fully saturated rings. The summed E-state index contributed by atoms with van der Waals surface area (Å²) in [6.07, 6.45) is 0.299. The van der Waals surface area contributed by atoms with Crippen LogP contribution in [0.1, 0.15) is 5.69 Å². The van der Waals surface area contributed by atoms with Crippen LogP contribution >= 0.6 is 0 Å². The van der Waals surface area contributed by atoms with E-state index in [1.807, 2.05) is 35.9 Å². The molecule has 0 aliphatic rings. The summed E-state index contributed by atoms with van der Waals surface area (Å²) < 4.78 is 53.5. The number of imidazole rings is 1. The summed E-state index contributed by atoms with van der Waals surface area (Å²) >= 11 is 0. The summed E-state index contributed by atoms with van der Waals surface area (Å²) in [7, 11) is 0. The topological polar surface area (TPSA) is 48.0 Å². The SMILES string of the molecule is Cc1cn2ccc(-c3ncccc3-c3cnn(CC(F)C(F)(F)F)c3)cc2n1. The van der Waals surface area contributed by atoms with Crippen LogP contribution in [0.5, 0.6) is 0 Å². The minimum absolute atomic E-state index is 0.553. The lowest BCUT2D eigenvalue weighted by Gasteiger charge is -2.11. The Hall–Kier alpha value is -3.23. The number of pyridine rings is 2. The molecule has 4 aromatic heterocycles. The van der Waals surface area contributed by atoms with Gasteiger partial charge in [0.25, 0.3) is 0 Å². The van der Waals surface area contributed by atoms with Crippen molar-refractivity contribution >= 4 is 5.65 Å². The highest BCUT2D eigenvalue weighted by molar-refractivity contribution is 5.81. The van der Waals surface area contributed by atoms with E-state index in [4.69, 9.17) is 0 Å². The van der Waals surface area contributed by atoms with Crippen LogP contribution in [0, 0.1) is 6.92 Å². The standard InChI is InChI=1S/C19H15F4N5/c1-12-9-27-6-4-13(7-17(27)26-12)18-15(3-2-5-24-18)14-8-25-28(10-14)11-16(20)19(21,22)23/h2-10,16H,11H2,1H3. The molecule has 0 N–H and O–H groups in total. The Morgan fingerprint density at radius 2 is 1.96 bits per heavy atom. The first-order chi connectivity index (χ1) is 13.3. The van der Waals surface area contributed by atoms with E-state index < -0.39 is 18.9 Å². The second kappa shape index (κ2) is 6.74. The summed E-state index contributed by atoms with van der Waals surface area (Å²) in [5.74, 6) is 0. The first-order valence-electron chi connectivity index (χ1n) is 8.45. The Balaban J connectivity index is 1.70. The third-order valence-electron chi connectivity index (χ3n) is 4.31. The van der Waals surface area contributed by atoms with Gasteiger partial charge in [-0.15, -0.1) is 0 Å². The second-order valence-electron chi connectivity index (χ2n) is 6.42. The average molecular weight is 389 g/mol. The number of hydrogen-bond donors (Lipinski definition) is 0. The molecule has 0 aliphatic heterocycles. The van der Waals surface area contributed by atoms with Gasteiger partial charge >= 0.3 is 6.18 Å². The Kier molecular flexibility index (Phi) is 4.37. The van der Waals surface area contributed by atoms with Crippen LogP contribution in [-0.4, -0.2) is 36.5 Å². The predicted octanol–water partition coefficient (Wildman–Crippen LogP) is 4.47. The highest BCUT2D eigenvalue weighted by Crippen LogP contribution is 2.31. The van der Waals surface area contributed by atoms with E-state index in [0.29, 0.717) is 16.8 Å². The van der Waals surface area contributed by atoms with E-state index in [1.165, 1.54) is 12.4 Å². The van der Waals surface area contributed by atoms with Gasteiger partial charge in [0, 0.05) is 41.5 Å². The van der Waals surface area contributed by atoms with Gasteiger partial charge in [0.05, 0.1) is 24.1 Å². The molecule has 0 saturated carbocycles. The molecule has 0 radical (unpaired) electrons. The van der Waals surface area contributed by atoms with Crippen molar-refractivity contribution in [1.82, 2.24) is 24.1 Å². The fourth-order valence-electron chi connectivity index (χ4n) is 2.99. The molecule has 5 nitrogen and oxygen atoms in total. The van der Waals surface area contributed by atoms with Gasteiger partial charge in [-0.2, -0.15) is 18.3 Å². The third-order valence-corrected chi connectivity index (χ3v) is 4.31. The molecular formula is C19H15F4N5. The van der Waals surface area contributed by atoms with E-state index in [2.05, 4.69) is 15.1 Å². The Bertz CT molecular complexity index is 1130. The highest BCUT2D eigenvalue weighted by Gasteiger charge is 2.40. The zero-order valence-corrected chi connectivity index (χ0v) is 14.7. The van der Waals surface area contributed by atoms with Crippen molar-refractivity contribution < 1.29 is 17.6 Å². The maximum atomic E-state index is 13.3. The molecule has 9 heteroatoms. The molecule has 4 heterocycles. The van der Waals surface area contributed by atoms with Gasteiger partial charge in [0.15, 0.2) is 0 Å². The van der Waals surface area contributed by atoms with Crippen molar-refractivity contribution in [1.29, 1.82) is 0 Å². The maximum Gasteiger partial charge on any atom is 0.421 e. The van der Waals surface area contributed by atoms with Gasteiger partial charge in [0.1, 0.15) is 5.65 Å². The number of aryl methyl sites for hydroxylation is 1. The molecule has 4 aromatic rings. The number of hydrogen-bond acceptors (Lipinski definition) is 3. The maximum absolute atomic E-state index is 13.3. The number of alkyl halides is 4. The van der Waals surface area contributed by atoms with E-state index in [9.17, 15) is 17.6 Å². The van der Waals surface area contributed by atoms with E-state index >= 15 is 0 Å². The average Bonchev–Trinajstić information content (AvgIpc) is 3.25. The van der Waals surface area contributed by atoms with Gasteiger partial charge in [-0.05, 0) is 25.1 Å². The summed E-state index contributed by atoms with van der Waals surface area (Å²) in [4.78, 5) is 8.85. The van der Waals surface area contributed by atoms with Gasteiger partial charge in [0.2, 0.25) is 6.17 Å². The molecule has 4 rings (SSSR count). The zero-order chi connectivity index (χ0) is 19.9.